The normalized spacial score (nSPS) is 20.7. The van der Waals surface area contributed by atoms with E-state index in [2.05, 4.69) is 13.0 Å². The molecule has 0 aromatic heterocycles. The third kappa shape index (κ3) is 12.2. The molecule has 1 rings (SSSR count). The Balaban J connectivity index is 2.18. The van der Waals surface area contributed by atoms with Crippen molar-refractivity contribution in [3.8, 4) is 0 Å². The minimum atomic E-state index is -0.379. The molecule has 168 valence electrons. The van der Waals surface area contributed by atoms with Crippen LogP contribution >= 0.6 is 0 Å². The van der Waals surface area contributed by atoms with Crippen LogP contribution < -0.4 is 0 Å². The molecule has 1 unspecified atom stereocenters. The number of aliphatic hydroxyl groups excluding tert-OH is 1. The van der Waals surface area contributed by atoms with Crippen molar-refractivity contribution >= 4 is 11.8 Å². The third-order valence-electron chi connectivity index (χ3n) is 5.79. The van der Waals surface area contributed by atoms with Gasteiger partial charge in [-0.15, -0.1) is 0 Å². The molecular formula is C24H43NO4. The van der Waals surface area contributed by atoms with E-state index in [-0.39, 0.29) is 23.9 Å². The van der Waals surface area contributed by atoms with E-state index in [4.69, 9.17) is 4.74 Å². The Bertz CT molecular complexity index is 489. The van der Waals surface area contributed by atoms with Crippen LogP contribution in [-0.2, 0) is 14.3 Å². The second kappa shape index (κ2) is 15.6. The van der Waals surface area contributed by atoms with Crippen molar-refractivity contribution in [2.75, 3.05) is 27.2 Å². The van der Waals surface area contributed by atoms with E-state index in [9.17, 15) is 14.7 Å². The Morgan fingerprint density at radius 1 is 1.21 bits per heavy atom. The molecule has 3 atom stereocenters. The topological polar surface area (TPSA) is 66.8 Å². The molecule has 0 aromatic rings. The van der Waals surface area contributed by atoms with E-state index < -0.39 is 0 Å². The van der Waals surface area contributed by atoms with Crippen LogP contribution in [0.15, 0.2) is 12.2 Å². The number of Topliss-reactive ketones (excluding diaryl/α,β-unsaturated/α-hetero) is 1. The lowest BCUT2D eigenvalue weighted by molar-refractivity contribution is -0.144. The summed E-state index contributed by atoms with van der Waals surface area (Å²) in [5.41, 5.74) is 0. The molecule has 0 saturated heterocycles. The first kappa shape index (κ1) is 25.8. The Hall–Kier alpha value is -1.20. The second-order valence-electron chi connectivity index (χ2n) is 8.70. The van der Waals surface area contributed by atoms with Gasteiger partial charge in [0.2, 0.25) is 0 Å². The van der Waals surface area contributed by atoms with Gasteiger partial charge in [0.1, 0.15) is 12.4 Å². The lowest BCUT2D eigenvalue weighted by Crippen LogP contribution is -2.20. The van der Waals surface area contributed by atoms with Crippen LogP contribution in [0.5, 0.6) is 0 Å². The third-order valence-corrected chi connectivity index (χ3v) is 5.79. The van der Waals surface area contributed by atoms with Crippen LogP contribution in [0.2, 0.25) is 0 Å². The molecule has 1 N–H and O–H groups in total. The van der Waals surface area contributed by atoms with Crippen LogP contribution in [0.1, 0.15) is 84.0 Å². The number of carbonyl (C=O) groups is 2. The molecule has 0 aliphatic heterocycles. The number of aliphatic hydroxyl groups is 1. The molecule has 1 aliphatic rings. The molecule has 1 aliphatic carbocycles. The fourth-order valence-electron chi connectivity index (χ4n) is 3.91. The molecular weight excluding hydrogens is 366 g/mol. The molecule has 0 aromatic carbocycles. The monoisotopic (exact) mass is 409 g/mol. The minimum absolute atomic E-state index is 0.111. The maximum atomic E-state index is 12.2. The number of carbonyl (C=O) groups excluding carboxylic acids is 2. The number of hydrogen-bond donors (Lipinski definition) is 1. The van der Waals surface area contributed by atoms with Gasteiger partial charge in [0.05, 0.1) is 6.10 Å². The van der Waals surface area contributed by atoms with Crippen LogP contribution in [0.3, 0.4) is 0 Å². The number of unbranched alkanes of at least 4 members (excludes halogenated alkanes) is 5. The molecule has 29 heavy (non-hydrogen) atoms. The molecule has 5 heteroatoms. The van der Waals surface area contributed by atoms with Gasteiger partial charge < -0.3 is 14.7 Å². The number of rotatable bonds is 16. The van der Waals surface area contributed by atoms with Gasteiger partial charge in [-0.2, -0.15) is 0 Å². The van der Waals surface area contributed by atoms with Crippen LogP contribution in [0, 0.1) is 11.8 Å². The smallest absolute Gasteiger partial charge is 0.305 e. The van der Waals surface area contributed by atoms with E-state index in [1.165, 1.54) is 0 Å². The summed E-state index contributed by atoms with van der Waals surface area (Å²) in [7, 11) is 3.91. The summed E-state index contributed by atoms with van der Waals surface area (Å²) in [6.45, 7) is 3.37. The summed E-state index contributed by atoms with van der Waals surface area (Å²) in [6, 6.07) is 0. The minimum Gasteiger partial charge on any atom is -0.464 e. The van der Waals surface area contributed by atoms with Gasteiger partial charge in [-0.1, -0.05) is 57.6 Å². The predicted octanol–water partition coefficient (Wildman–Crippen LogP) is 4.52. The fraction of sp³-hybridized carbons (Fsp3) is 0.833. The number of ketones is 1. The van der Waals surface area contributed by atoms with Crippen molar-refractivity contribution in [3.05, 3.63) is 12.2 Å². The van der Waals surface area contributed by atoms with Crippen molar-refractivity contribution in [2.45, 2.75) is 90.1 Å². The van der Waals surface area contributed by atoms with Gasteiger partial charge in [-0.3, -0.25) is 9.59 Å². The van der Waals surface area contributed by atoms with Gasteiger partial charge in [0.15, 0.2) is 0 Å². The maximum absolute atomic E-state index is 12.2. The molecule has 0 heterocycles. The Labute approximate surface area is 177 Å². The van der Waals surface area contributed by atoms with E-state index in [0.29, 0.717) is 25.2 Å². The number of hydrogen-bond acceptors (Lipinski definition) is 5. The zero-order valence-corrected chi connectivity index (χ0v) is 18.9. The number of nitrogens with zero attached hydrogens (tertiary/aromatic N) is 1. The van der Waals surface area contributed by atoms with Crippen molar-refractivity contribution in [2.24, 2.45) is 11.8 Å². The van der Waals surface area contributed by atoms with E-state index in [0.717, 1.165) is 70.8 Å². The number of allylic oxidation sites excluding steroid dienone is 1. The number of ether oxygens (including phenoxy) is 1. The molecule has 5 nitrogen and oxygen atoms in total. The quantitative estimate of drug-likeness (QED) is 0.231. The molecule has 0 radical (unpaired) electrons. The van der Waals surface area contributed by atoms with Crippen molar-refractivity contribution in [3.63, 3.8) is 0 Å². The van der Waals surface area contributed by atoms with Crippen molar-refractivity contribution in [1.82, 2.24) is 4.90 Å². The van der Waals surface area contributed by atoms with Crippen molar-refractivity contribution in [1.29, 1.82) is 0 Å². The highest BCUT2D eigenvalue weighted by atomic mass is 16.5. The van der Waals surface area contributed by atoms with Gasteiger partial charge in [0, 0.05) is 25.3 Å². The van der Waals surface area contributed by atoms with Gasteiger partial charge in [0.25, 0.3) is 0 Å². The molecule has 0 amide bonds. The second-order valence-corrected chi connectivity index (χ2v) is 8.70. The highest BCUT2D eigenvalue weighted by Gasteiger charge is 2.32. The van der Waals surface area contributed by atoms with Gasteiger partial charge >= 0.3 is 5.97 Å². The summed E-state index contributed by atoms with van der Waals surface area (Å²) in [6.07, 6.45) is 14.7. The summed E-state index contributed by atoms with van der Waals surface area (Å²) in [5.74, 6) is 0.671. The van der Waals surface area contributed by atoms with Gasteiger partial charge in [-0.05, 0) is 45.7 Å². The average molecular weight is 410 g/mol. The van der Waals surface area contributed by atoms with E-state index >= 15 is 0 Å². The average Bonchev–Trinajstić information content (AvgIpc) is 3.02. The predicted molar refractivity (Wildman–Crippen MR) is 118 cm³/mol. The Morgan fingerprint density at radius 2 is 1.97 bits per heavy atom. The standard InChI is InChI=1S/C24H43NO4/c1-4-5-8-11-21(26)16-14-20-15-17-23(27)22(20)12-9-6-7-10-13-24(28)29-19-18-25(2)3/h14,16,20-22,26H,4-13,15,17-19H2,1-3H3/b16-14+/t20?,21-,22+/m0/s1. The molecule has 0 bridgehead atoms. The van der Waals surface area contributed by atoms with E-state index in [1.54, 1.807) is 0 Å². The van der Waals surface area contributed by atoms with Crippen LogP contribution in [0.4, 0.5) is 0 Å². The zero-order valence-electron chi connectivity index (χ0n) is 18.9. The molecule has 0 spiro atoms. The van der Waals surface area contributed by atoms with Gasteiger partial charge in [-0.25, -0.2) is 0 Å². The lowest BCUT2D eigenvalue weighted by atomic mass is 9.89. The van der Waals surface area contributed by atoms with Crippen molar-refractivity contribution < 1.29 is 19.4 Å². The SMILES string of the molecule is CCCCC[C@H](O)/C=C/C1CCC(=O)[C@@H]1CCCCCCC(=O)OCCN(C)C. The summed E-state index contributed by atoms with van der Waals surface area (Å²) < 4.78 is 5.19. The number of likely N-dealkylation sites (N-methyl/N-ethyl adjacent to an activating group) is 1. The zero-order chi connectivity index (χ0) is 21.5. The largest absolute Gasteiger partial charge is 0.464 e. The Kier molecular flexibility index (Phi) is 13.9. The van der Waals surface area contributed by atoms with Crippen LogP contribution in [-0.4, -0.2) is 55.1 Å². The highest BCUT2D eigenvalue weighted by molar-refractivity contribution is 5.83. The molecule has 1 fully saturated rings. The summed E-state index contributed by atoms with van der Waals surface area (Å²) in [4.78, 5) is 25.9. The maximum Gasteiger partial charge on any atom is 0.305 e. The fourth-order valence-corrected chi connectivity index (χ4v) is 3.91. The molecule has 1 saturated carbocycles. The first-order chi connectivity index (χ1) is 13.9. The first-order valence-corrected chi connectivity index (χ1v) is 11.6. The van der Waals surface area contributed by atoms with Crippen LogP contribution in [0.25, 0.3) is 0 Å². The lowest BCUT2D eigenvalue weighted by Gasteiger charge is -2.15. The summed E-state index contributed by atoms with van der Waals surface area (Å²) >= 11 is 0. The highest BCUT2D eigenvalue weighted by Crippen LogP contribution is 2.34. The Morgan fingerprint density at radius 3 is 2.69 bits per heavy atom. The first-order valence-electron chi connectivity index (χ1n) is 11.6. The van der Waals surface area contributed by atoms with E-state index in [1.807, 2.05) is 25.1 Å². The number of esters is 1. The summed E-state index contributed by atoms with van der Waals surface area (Å²) in [5, 5.41) is 10.1.